The molecule has 0 saturated carbocycles. The van der Waals surface area contributed by atoms with Crippen molar-refractivity contribution in [2.24, 2.45) is 5.41 Å². The van der Waals surface area contributed by atoms with Gasteiger partial charge in [0.15, 0.2) is 5.78 Å². The second-order valence-corrected chi connectivity index (χ2v) is 7.36. The maximum Gasteiger partial charge on any atom is 0.273 e. The third-order valence-corrected chi connectivity index (χ3v) is 4.80. The van der Waals surface area contributed by atoms with E-state index in [-0.39, 0.29) is 16.9 Å². The summed E-state index contributed by atoms with van der Waals surface area (Å²) >= 11 is 0. The van der Waals surface area contributed by atoms with Crippen LogP contribution in [-0.4, -0.2) is 10.7 Å². The minimum absolute atomic E-state index is 0.0536. The van der Waals surface area contributed by atoms with Crippen LogP contribution in [0.4, 0.5) is 5.69 Å². The molecule has 1 aliphatic carbocycles. The highest BCUT2D eigenvalue weighted by Gasteiger charge is 2.42. The number of dihydropyridines is 1. The number of nitriles is 1. The molecule has 0 fully saturated rings. The maximum absolute atomic E-state index is 12.9. The van der Waals surface area contributed by atoms with E-state index in [9.17, 15) is 20.2 Å². The number of nitrogens with one attached hydrogen (secondary N) is 1. The summed E-state index contributed by atoms with van der Waals surface area (Å²) in [7, 11) is 0. The van der Waals surface area contributed by atoms with Gasteiger partial charge in [-0.1, -0.05) is 32.0 Å². The van der Waals surface area contributed by atoms with Crippen molar-refractivity contribution in [3.8, 4) is 6.07 Å². The topological polar surface area (TPSA) is 96.0 Å². The molecular formula is C19H19N3O3. The van der Waals surface area contributed by atoms with Crippen molar-refractivity contribution in [2.75, 3.05) is 0 Å². The van der Waals surface area contributed by atoms with Gasteiger partial charge in [0.1, 0.15) is 0 Å². The Kier molecular flexibility index (Phi) is 3.96. The number of nitro benzene ring substituents is 1. The summed E-state index contributed by atoms with van der Waals surface area (Å²) in [6.45, 7) is 5.82. The van der Waals surface area contributed by atoms with E-state index in [1.807, 2.05) is 13.8 Å². The lowest BCUT2D eigenvalue weighted by Crippen LogP contribution is -2.37. The van der Waals surface area contributed by atoms with Crippen molar-refractivity contribution in [1.29, 1.82) is 5.26 Å². The lowest BCUT2D eigenvalue weighted by Gasteiger charge is -2.38. The van der Waals surface area contributed by atoms with Gasteiger partial charge < -0.3 is 5.32 Å². The van der Waals surface area contributed by atoms with Crippen LogP contribution in [0.5, 0.6) is 0 Å². The largest absolute Gasteiger partial charge is 0.361 e. The Labute approximate surface area is 146 Å². The summed E-state index contributed by atoms with van der Waals surface area (Å²) in [5.41, 5.74) is 2.43. The quantitative estimate of drug-likeness (QED) is 0.655. The first-order chi connectivity index (χ1) is 11.7. The number of carbonyl (C=O) groups is 1. The fraction of sp³-hybridized carbons (Fsp3) is 0.368. The molecule has 6 heteroatoms. The van der Waals surface area contributed by atoms with Crippen LogP contribution >= 0.6 is 0 Å². The van der Waals surface area contributed by atoms with Crippen molar-refractivity contribution in [3.63, 3.8) is 0 Å². The molecule has 1 aromatic carbocycles. The lowest BCUT2D eigenvalue weighted by molar-refractivity contribution is -0.385. The predicted octanol–water partition coefficient (Wildman–Crippen LogP) is 3.72. The number of hydrogen-bond donors (Lipinski definition) is 1. The molecule has 2 aliphatic rings. The van der Waals surface area contributed by atoms with Gasteiger partial charge >= 0.3 is 0 Å². The minimum Gasteiger partial charge on any atom is -0.361 e. The van der Waals surface area contributed by atoms with E-state index >= 15 is 0 Å². The molecule has 1 N–H and O–H groups in total. The molecule has 0 bridgehead atoms. The number of Topliss-reactive ketones (excluding diaryl/α,β-unsaturated/α-hetero) is 1. The Hall–Kier alpha value is -2.94. The van der Waals surface area contributed by atoms with Crippen LogP contribution in [-0.2, 0) is 4.79 Å². The van der Waals surface area contributed by atoms with Gasteiger partial charge in [-0.3, -0.25) is 14.9 Å². The van der Waals surface area contributed by atoms with Gasteiger partial charge in [0.05, 0.1) is 22.5 Å². The molecule has 0 aromatic heterocycles. The zero-order valence-electron chi connectivity index (χ0n) is 14.4. The van der Waals surface area contributed by atoms with Crippen molar-refractivity contribution < 1.29 is 9.72 Å². The molecule has 25 heavy (non-hydrogen) atoms. The zero-order chi connectivity index (χ0) is 18.4. The highest BCUT2D eigenvalue weighted by Crippen LogP contribution is 2.47. The Bertz CT molecular complexity index is 887. The summed E-state index contributed by atoms with van der Waals surface area (Å²) in [4.78, 5) is 23.9. The number of benzene rings is 1. The first-order valence-electron chi connectivity index (χ1n) is 8.12. The van der Waals surface area contributed by atoms with E-state index < -0.39 is 10.8 Å². The molecule has 1 atom stereocenters. The van der Waals surface area contributed by atoms with Crippen molar-refractivity contribution in [1.82, 2.24) is 5.32 Å². The first-order valence-corrected chi connectivity index (χ1v) is 8.12. The zero-order valence-corrected chi connectivity index (χ0v) is 14.4. The van der Waals surface area contributed by atoms with Crippen LogP contribution in [0.1, 0.15) is 45.1 Å². The van der Waals surface area contributed by atoms with Crippen LogP contribution in [0.2, 0.25) is 0 Å². The van der Waals surface area contributed by atoms with Gasteiger partial charge in [-0.2, -0.15) is 5.26 Å². The van der Waals surface area contributed by atoms with Crippen LogP contribution in [0.15, 0.2) is 46.8 Å². The fourth-order valence-electron chi connectivity index (χ4n) is 3.79. The Morgan fingerprint density at radius 1 is 1.32 bits per heavy atom. The Balaban J connectivity index is 2.26. The number of nitro groups is 1. The van der Waals surface area contributed by atoms with Gasteiger partial charge in [0.2, 0.25) is 0 Å². The van der Waals surface area contributed by atoms with Crippen LogP contribution in [0.25, 0.3) is 0 Å². The number of nitrogens with zero attached hydrogens (tertiary/aromatic N) is 2. The third-order valence-electron chi connectivity index (χ3n) is 4.80. The molecule has 3 rings (SSSR count). The molecule has 0 radical (unpaired) electrons. The van der Waals surface area contributed by atoms with Crippen molar-refractivity contribution >= 4 is 11.5 Å². The molecule has 0 amide bonds. The highest BCUT2D eigenvalue weighted by molar-refractivity contribution is 6.00. The molecule has 128 valence electrons. The molecule has 6 nitrogen and oxygen atoms in total. The average Bonchev–Trinajstić information content (AvgIpc) is 2.52. The van der Waals surface area contributed by atoms with E-state index in [1.54, 1.807) is 25.1 Å². The Morgan fingerprint density at radius 3 is 2.64 bits per heavy atom. The molecule has 1 heterocycles. The summed E-state index contributed by atoms with van der Waals surface area (Å²) < 4.78 is 0. The molecule has 0 spiro atoms. The van der Waals surface area contributed by atoms with Gasteiger partial charge in [0, 0.05) is 35.0 Å². The van der Waals surface area contributed by atoms with Crippen molar-refractivity contribution in [2.45, 2.75) is 39.5 Å². The molecule has 0 unspecified atom stereocenters. The van der Waals surface area contributed by atoms with Crippen LogP contribution < -0.4 is 5.32 Å². The summed E-state index contributed by atoms with van der Waals surface area (Å²) in [5.74, 6) is -0.742. The number of ketones is 1. The van der Waals surface area contributed by atoms with E-state index in [4.69, 9.17) is 0 Å². The standard InChI is InChI=1S/C19H19N3O3/c1-11-13(10-20)17(12-6-4-5-7-15(12)22(24)25)18-14(21-11)8-19(2,3)9-16(18)23/h4-7,17,21H,8-9H2,1-3H3/t17-/m0/s1. The van der Waals surface area contributed by atoms with Crippen LogP contribution in [0, 0.1) is 26.9 Å². The van der Waals surface area contributed by atoms with E-state index in [1.165, 1.54) is 6.07 Å². The maximum atomic E-state index is 12.9. The number of carbonyl (C=O) groups excluding carboxylic acids is 1. The first kappa shape index (κ1) is 16.9. The van der Waals surface area contributed by atoms with E-state index in [0.29, 0.717) is 35.2 Å². The van der Waals surface area contributed by atoms with Gasteiger partial charge in [0.25, 0.3) is 5.69 Å². The lowest BCUT2D eigenvalue weighted by atomic mass is 9.68. The predicted molar refractivity (Wildman–Crippen MR) is 92.3 cm³/mol. The van der Waals surface area contributed by atoms with E-state index in [2.05, 4.69) is 11.4 Å². The normalized spacial score (nSPS) is 22.2. The molecular weight excluding hydrogens is 318 g/mol. The summed E-state index contributed by atoms with van der Waals surface area (Å²) in [5, 5.41) is 24.3. The highest BCUT2D eigenvalue weighted by atomic mass is 16.6. The summed E-state index contributed by atoms with van der Waals surface area (Å²) in [6, 6.07) is 8.49. The van der Waals surface area contributed by atoms with Gasteiger partial charge in [-0.15, -0.1) is 0 Å². The number of para-hydroxylation sites is 1. The third kappa shape index (κ3) is 2.82. The smallest absolute Gasteiger partial charge is 0.273 e. The number of allylic oxidation sites excluding steroid dienone is 4. The van der Waals surface area contributed by atoms with Crippen LogP contribution in [0.3, 0.4) is 0 Å². The monoisotopic (exact) mass is 337 g/mol. The molecule has 1 aliphatic heterocycles. The summed E-state index contributed by atoms with van der Waals surface area (Å²) in [6.07, 6.45) is 1.03. The van der Waals surface area contributed by atoms with Gasteiger partial charge in [-0.25, -0.2) is 0 Å². The molecule has 1 aromatic rings. The van der Waals surface area contributed by atoms with Gasteiger partial charge in [-0.05, 0) is 18.8 Å². The second-order valence-electron chi connectivity index (χ2n) is 7.36. The minimum atomic E-state index is -0.688. The average molecular weight is 337 g/mol. The van der Waals surface area contributed by atoms with Crippen molar-refractivity contribution in [3.05, 3.63) is 62.5 Å². The molecule has 0 saturated heterocycles. The second kappa shape index (κ2) is 5.85. The van der Waals surface area contributed by atoms with E-state index in [0.717, 1.165) is 5.70 Å². The number of hydrogen-bond acceptors (Lipinski definition) is 5. The number of rotatable bonds is 2. The SMILES string of the molecule is CC1=C(C#N)[C@H](c2ccccc2[N+](=O)[O-])C2=C(CC(C)(C)CC2=O)N1. The Morgan fingerprint density at radius 2 is 2.00 bits per heavy atom. The fourth-order valence-corrected chi connectivity index (χ4v) is 3.79.